The Balaban J connectivity index is 1.79. The molecule has 82 valence electrons. The molecule has 1 fully saturated rings. The smallest absolute Gasteiger partial charge is 0.187 e. The van der Waals surface area contributed by atoms with Crippen molar-refractivity contribution in [2.75, 3.05) is 12.4 Å². The number of aliphatic hydroxyl groups is 1. The summed E-state index contributed by atoms with van der Waals surface area (Å²) in [6, 6.07) is 0.716. The molecule has 1 saturated carbocycles. The lowest BCUT2D eigenvalue weighted by Gasteiger charge is -2.02. The van der Waals surface area contributed by atoms with Gasteiger partial charge in [0.25, 0.3) is 0 Å². The standard InChI is InChI=1S/C10H15N3OS/c14-3-4-15-10-12-6-8(7-13-10)5-11-9-1-2-9/h6-7,9,11,14H,1-5H2. The van der Waals surface area contributed by atoms with E-state index in [1.807, 2.05) is 12.4 Å². The molecule has 0 radical (unpaired) electrons. The minimum Gasteiger partial charge on any atom is -0.396 e. The maximum absolute atomic E-state index is 8.65. The molecule has 5 heteroatoms. The van der Waals surface area contributed by atoms with E-state index in [9.17, 15) is 0 Å². The monoisotopic (exact) mass is 225 g/mol. The Labute approximate surface area is 93.5 Å². The van der Waals surface area contributed by atoms with Gasteiger partial charge in [-0.1, -0.05) is 11.8 Å². The first-order chi connectivity index (χ1) is 7.38. The molecule has 15 heavy (non-hydrogen) atoms. The lowest BCUT2D eigenvalue weighted by Crippen LogP contribution is -2.15. The summed E-state index contributed by atoms with van der Waals surface area (Å²) < 4.78 is 0. The van der Waals surface area contributed by atoms with Gasteiger partial charge in [-0.2, -0.15) is 0 Å². The summed E-state index contributed by atoms with van der Waals surface area (Å²) in [7, 11) is 0. The molecule has 0 aliphatic heterocycles. The Bertz CT molecular complexity index is 300. The van der Waals surface area contributed by atoms with Crippen molar-refractivity contribution >= 4 is 11.8 Å². The molecule has 0 aromatic carbocycles. The summed E-state index contributed by atoms with van der Waals surface area (Å²) in [5, 5.41) is 12.8. The minimum atomic E-state index is 0.166. The van der Waals surface area contributed by atoms with Crippen molar-refractivity contribution < 1.29 is 5.11 Å². The zero-order chi connectivity index (χ0) is 10.5. The van der Waals surface area contributed by atoms with Crippen LogP contribution < -0.4 is 5.32 Å². The van der Waals surface area contributed by atoms with Crippen molar-refractivity contribution in [3.05, 3.63) is 18.0 Å². The van der Waals surface area contributed by atoms with Gasteiger partial charge in [0.15, 0.2) is 5.16 Å². The highest BCUT2D eigenvalue weighted by atomic mass is 32.2. The molecule has 2 N–H and O–H groups in total. The van der Waals surface area contributed by atoms with Crippen LogP contribution >= 0.6 is 11.8 Å². The van der Waals surface area contributed by atoms with E-state index >= 15 is 0 Å². The average Bonchev–Trinajstić information content (AvgIpc) is 3.09. The third-order valence-electron chi connectivity index (χ3n) is 2.18. The van der Waals surface area contributed by atoms with Crippen molar-refractivity contribution in [1.29, 1.82) is 0 Å². The van der Waals surface area contributed by atoms with Crippen molar-refractivity contribution in [2.24, 2.45) is 0 Å². The highest BCUT2D eigenvalue weighted by molar-refractivity contribution is 7.99. The van der Waals surface area contributed by atoms with E-state index in [0.717, 1.165) is 17.3 Å². The zero-order valence-corrected chi connectivity index (χ0v) is 9.33. The maximum Gasteiger partial charge on any atom is 0.187 e. The van der Waals surface area contributed by atoms with Gasteiger partial charge in [0.2, 0.25) is 0 Å². The Morgan fingerprint density at radius 2 is 2.13 bits per heavy atom. The van der Waals surface area contributed by atoms with Gasteiger partial charge in [0.1, 0.15) is 0 Å². The maximum atomic E-state index is 8.65. The molecule has 1 aliphatic carbocycles. The molecule has 0 spiro atoms. The second-order valence-electron chi connectivity index (χ2n) is 3.60. The van der Waals surface area contributed by atoms with Crippen LogP contribution in [0.4, 0.5) is 0 Å². The number of nitrogens with one attached hydrogen (secondary N) is 1. The number of hydrogen-bond acceptors (Lipinski definition) is 5. The first-order valence-corrected chi connectivity index (χ1v) is 6.15. The van der Waals surface area contributed by atoms with Crippen LogP contribution in [0.15, 0.2) is 17.6 Å². The third-order valence-corrected chi connectivity index (χ3v) is 3.03. The van der Waals surface area contributed by atoms with Gasteiger partial charge < -0.3 is 10.4 Å². The molecule has 0 atom stereocenters. The van der Waals surface area contributed by atoms with Crippen LogP contribution in [0.25, 0.3) is 0 Å². The number of rotatable bonds is 6. The summed E-state index contributed by atoms with van der Waals surface area (Å²) in [4.78, 5) is 8.43. The van der Waals surface area contributed by atoms with Gasteiger partial charge in [0.05, 0.1) is 6.61 Å². The van der Waals surface area contributed by atoms with Crippen LogP contribution in [-0.2, 0) is 6.54 Å². The van der Waals surface area contributed by atoms with Crippen LogP contribution in [0.1, 0.15) is 18.4 Å². The number of thioether (sulfide) groups is 1. The molecule has 1 heterocycles. The van der Waals surface area contributed by atoms with Crippen molar-refractivity contribution in [1.82, 2.24) is 15.3 Å². The second kappa shape index (κ2) is 5.44. The van der Waals surface area contributed by atoms with Gasteiger partial charge >= 0.3 is 0 Å². The molecule has 4 nitrogen and oxygen atoms in total. The lowest BCUT2D eigenvalue weighted by molar-refractivity contribution is 0.322. The van der Waals surface area contributed by atoms with Crippen LogP contribution in [0.5, 0.6) is 0 Å². The predicted molar refractivity (Wildman–Crippen MR) is 59.7 cm³/mol. The Kier molecular flexibility index (Phi) is 3.94. The largest absolute Gasteiger partial charge is 0.396 e. The van der Waals surface area contributed by atoms with E-state index in [2.05, 4.69) is 15.3 Å². The summed E-state index contributed by atoms with van der Waals surface area (Å²) in [6.07, 6.45) is 6.29. The lowest BCUT2D eigenvalue weighted by atomic mass is 10.3. The topological polar surface area (TPSA) is 58.0 Å². The molecule has 1 aromatic rings. The van der Waals surface area contributed by atoms with Crippen molar-refractivity contribution in [3.8, 4) is 0 Å². The Hall–Kier alpha value is -0.650. The average molecular weight is 225 g/mol. The molecule has 1 aliphatic rings. The fraction of sp³-hybridized carbons (Fsp3) is 0.600. The van der Waals surface area contributed by atoms with E-state index in [0.29, 0.717) is 11.8 Å². The van der Waals surface area contributed by atoms with E-state index in [4.69, 9.17) is 5.11 Å². The first kappa shape index (κ1) is 10.9. The SMILES string of the molecule is OCCSc1ncc(CNC2CC2)cn1. The Morgan fingerprint density at radius 1 is 1.40 bits per heavy atom. The normalized spacial score (nSPS) is 15.5. The molecule has 2 rings (SSSR count). The highest BCUT2D eigenvalue weighted by Gasteiger charge is 2.19. The molecule has 1 aromatic heterocycles. The van der Waals surface area contributed by atoms with Crippen LogP contribution in [0.3, 0.4) is 0 Å². The van der Waals surface area contributed by atoms with E-state index < -0.39 is 0 Å². The van der Waals surface area contributed by atoms with Gasteiger partial charge in [-0.25, -0.2) is 9.97 Å². The van der Waals surface area contributed by atoms with Crippen molar-refractivity contribution in [3.63, 3.8) is 0 Å². The summed E-state index contributed by atoms with van der Waals surface area (Å²) in [5.41, 5.74) is 1.12. The number of nitrogens with zero attached hydrogens (tertiary/aromatic N) is 2. The summed E-state index contributed by atoms with van der Waals surface area (Å²) in [5.74, 6) is 0.652. The Morgan fingerprint density at radius 3 is 2.73 bits per heavy atom. The summed E-state index contributed by atoms with van der Waals surface area (Å²) >= 11 is 1.47. The van der Waals surface area contributed by atoms with E-state index in [-0.39, 0.29) is 6.61 Å². The molecule has 0 bridgehead atoms. The van der Waals surface area contributed by atoms with Gasteiger partial charge in [0, 0.05) is 36.3 Å². The molecular weight excluding hydrogens is 210 g/mol. The first-order valence-electron chi connectivity index (χ1n) is 5.16. The van der Waals surface area contributed by atoms with E-state index in [1.165, 1.54) is 24.6 Å². The zero-order valence-electron chi connectivity index (χ0n) is 8.52. The number of aliphatic hydroxyl groups excluding tert-OH is 1. The molecule has 0 amide bonds. The summed E-state index contributed by atoms with van der Waals surface area (Å²) in [6.45, 7) is 1.02. The molecular formula is C10H15N3OS. The quantitative estimate of drug-likeness (QED) is 0.554. The molecule has 0 unspecified atom stereocenters. The third kappa shape index (κ3) is 3.77. The van der Waals surface area contributed by atoms with Gasteiger partial charge in [-0.3, -0.25) is 0 Å². The van der Waals surface area contributed by atoms with Crippen molar-refractivity contribution in [2.45, 2.75) is 30.6 Å². The second-order valence-corrected chi connectivity index (χ2v) is 4.66. The molecule has 0 saturated heterocycles. The van der Waals surface area contributed by atoms with Gasteiger partial charge in [-0.05, 0) is 12.8 Å². The fourth-order valence-corrected chi connectivity index (χ4v) is 1.72. The van der Waals surface area contributed by atoms with E-state index in [1.54, 1.807) is 0 Å². The van der Waals surface area contributed by atoms with Gasteiger partial charge in [-0.15, -0.1) is 0 Å². The van der Waals surface area contributed by atoms with Crippen LogP contribution in [0, 0.1) is 0 Å². The van der Waals surface area contributed by atoms with Crippen LogP contribution in [0.2, 0.25) is 0 Å². The fourth-order valence-electron chi connectivity index (χ4n) is 1.20. The minimum absolute atomic E-state index is 0.166. The highest BCUT2D eigenvalue weighted by Crippen LogP contribution is 2.19. The number of hydrogen-bond donors (Lipinski definition) is 2. The van der Waals surface area contributed by atoms with Crippen LogP contribution in [-0.4, -0.2) is 33.5 Å². The number of aromatic nitrogens is 2. The predicted octanol–water partition coefficient (Wildman–Crippen LogP) is 0.813.